The summed E-state index contributed by atoms with van der Waals surface area (Å²) in [6, 6.07) is 13.3. The van der Waals surface area contributed by atoms with Crippen LogP contribution in [0.4, 0.5) is 4.39 Å². The van der Waals surface area contributed by atoms with Gasteiger partial charge in [-0.3, -0.25) is 0 Å². The molecule has 0 unspecified atom stereocenters. The molecule has 3 aromatic rings. The second kappa shape index (κ2) is 8.37. The number of hydrogen-bond acceptors (Lipinski definition) is 5. The maximum Gasteiger partial charge on any atom is 0.340 e. The van der Waals surface area contributed by atoms with E-state index < -0.39 is 18.1 Å². The highest BCUT2D eigenvalue weighted by atomic mass is 35.5. The molecule has 0 aliphatic carbocycles. The maximum absolute atomic E-state index is 14.0. The summed E-state index contributed by atoms with van der Waals surface area (Å²) in [7, 11) is 0. The Morgan fingerprint density at radius 1 is 1.21 bits per heavy atom. The first kappa shape index (κ1) is 19.6. The van der Waals surface area contributed by atoms with Crippen molar-refractivity contribution in [2.75, 3.05) is 0 Å². The van der Waals surface area contributed by atoms with E-state index in [9.17, 15) is 9.18 Å². The Morgan fingerprint density at radius 2 is 2.00 bits per heavy atom. The predicted molar refractivity (Wildman–Crippen MR) is 104 cm³/mol. The van der Waals surface area contributed by atoms with Crippen molar-refractivity contribution in [3.8, 4) is 5.75 Å². The number of benzene rings is 2. The lowest BCUT2D eigenvalue weighted by Gasteiger charge is -2.28. The summed E-state index contributed by atoms with van der Waals surface area (Å²) in [5.41, 5.74) is 1.90. The first-order chi connectivity index (χ1) is 14.0. The Kier molecular flexibility index (Phi) is 5.67. The Bertz CT molecular complexity index is 1060. The third-order valence-corrected chi connectivity index (χ3v) is 4.97. The first-order valence-electron chi connectivity index (χ1n) is 8.64. The quantitative estimate of drug-likeness (QED) is 0.402. The molecule has 5 nitrogen and oxygen atoms in total. The van der Waals surface area contributed by atoms with Gasteiger partial charge in [0.25, 0.3) is 0 Å². The van der Waals surface area contributed by atoms with Crippen molar-refractivity contribution in [3.05, 3.63) is 93.0 Å². The second-order valence-corrected chi connectivity index (χ2v) is 7.06. The van der Waals surface area contributed by atoms with Crippen LogP contribution in [0.5, 0.6) is 5.75 Å². The highest BCUT2D eigenvalue weighted by Crippen LogP contribution is 2.37. The van der Waals surface area contributed by atoms with Crippen LogP contribution in [0.3, 0.4) is 0 Å². The molecule has 0 radical (unpaired) electrons. The zero-order valence-electron chi connectivity index (χ0n) is 14.9. The van der Waals surface area contributed by atoms with Gasteiger partial charge in [-0.25, -0.2) is 14.2 Å². The van der Waals surface area contributed by atoms with E-state index in [4.69, 9.17) is 37.4 Å². The van der Waals surface area contributed by atoms with Crippen LogP contribution in [-0.2, 0) is 22.7 Å². The largest absolute Gasteiger partial charge is 0.460 e. The summed E-state index contributed by atoms with van der Waals surface area (Å²) < 4.78 is 31.0. The molecule has 0 fully saturated rings. The normalized spacial score (nSPS) is 15.3. The number of aromatic nitrogens is 1. The van der Waals surface area contributed by atoms with Crippen molar-refractivity contribution in [2.24, 2.45) is 0 Å². The lowest BCUT2D eigenvalue weighted by atomic mass is 10.1. The average molecular weight is 434 g/mol. The molecule has 0 amide bonds. The lowest BCUT2D eigenvalue weighted by Crippen LogP contribution is -2.20. The molecule has 0 N–H and O–H groups in total. The summed E-state index contributed by atoms with van der Waals surface area (Å²) in [5, 5.41) is 0.221. The molecule has 0 saturated carbocycles. The van der Waals surface area contributed by atoms with Crippen molar-refractivity contribution < 1.29 is 23.4 Å². The standard InChI is InChI=1S/C21H14Cl2FNO4/c22-17-8-13(9-25-19(17)23)20(26)27-10-14-6-16(24)7-15-11-28-21(29-18(14)15)12-4-2-1-3-5-12/h1-9,21H,10-11H2/t21-/m0/s1. The summed E-state index contributed by atoms with van der Waals surface area (Å²) in [6.07, 6.45) is 0.621. The van der Waals surface area contributed by atoms with Gasteiger partial charge in [0.1, 0.15) is 23.3 Å². The van der Waals surface area contributed by atoms with Crippen molar-refractivity contribution in [1.82, 2.24) is 4.98 Å². The van der Waals surface area contributed by atoms with Gasteiger partial charge >= 0.3 is 5.97 Å². The van der Waals surface area contributed by atoms with E-state index in [2.05, 4.69) is 4.98 Å². The highest BCUT2D eigenvalue weighted by molar-refractivity contribution is 6.41. The molecule has 1 aromatic heterocycles. The van der Waals surface area contributed by atoms with Gasteiger partial charge in [-0.05, 0) is 18.2 Å². The van der Waals surface area contributed by atoms with E-state index in [1.54, 1.807) is 0 Å². The fraction of sp³-hybridized carbons (Fsp3) is 0.143. The molecule has 1 atom stereocenters. The molecule has 2 heterocycles. The van der Waals surface area contributed by atoms with E-state index in [1.807, 2.05) is 30.3 Å². The molecule has 2 aromatic carbocycles. The fourth-order valence-corrected chi connectivity index (χ4v) is 3.19. The van der Waals surface area contributed by atoms with Crippen molar-refractivity contribution in [2.45, 2.75) is 19.5 Å². The monoisotopic (exact) mass is 433 g/mol. The SMILES string of the molecule is O=C(OCc1cc(F)cc2c1O[C@@H](c1ccccc1)OC2)c1cnc(Cl)c(Cl)c1. The Morgan fingerprint density at radius 3 is 2.76 bits per heavy atom. The zero-order valence-corrected chi connectivity index (χ0v) is 16.4. The van der Waals surface area contributed by atoms with Crippen LogP contribution in [-0.4, -0.2) is 11.0 Å². The predicted octanol–water partition coefficient (Wildman–Crippen LogP) is 5.49. The molecule has 8 heteroatoms. The molecule has 29 heavy (non-hydrogen) atoms. The van der Waals surface area contributed by atoms with Gasteiger partial charge in [0.15, 0.2) is 0 Å². The minimum absolute atomic E-state index is 0.0859. The smallest absolute Gasteiger partial charge is 0.340 e. The number of halogens is 3. The number of carbonyl (C=O) groups is 1. The van der Waals surface area contributed by atoms with Crippen LogP contribution in [0.25, 0.3) is 0 Å². The third-order valence-electron chi connectivity index (χ3n) is 4.29. The summed E-state index contributed by atoms with van der Waals surface area (Å²) in [6.45, 7) is -0.0228. The minimum atomic E-state index is -0.666. The molecule has 0 spiro atoms. The zero-order chi connectivity index (χ0) is 20.4. The van der Waals surface area contributed by atoms with Gasteiger partial charge in [-0.15, -0.1) is 0 Å². The summed E-state index contributed by atoms with van der Waals surface area (Å²) >= 11 is 11.6. The molecular formula is C21H14Cl2FNO4. The Hall–Kier alpha value is -2.67. The van der Waals surface area contributed by atoms with Gasteiger partial charge in [0, 0.05) is 22.9 Å². The number of ether oxygens (including phenoxy) is 3. The van der Waals surface area contributed by atoms with Crippen molar-refractivity contribution >= 4 is 29.2 Å². The van der Waals surface area contributed by atoms with E-state index >= 15 is 0 Å². The number of rotatable bonds is 4. The number of carbonyl (C=O) groups excluding carboxylic acids is 1. The van der Waals surface area contributed by atoms with Gasteiger partial charge in [-0.2, -0.15) is 0 Å². The molecular weight excluding hydrogens is 420 g/mol. The third kappa shape index (κ3) is 4.34. The fourth-order valence-electron chi connectivity index (χ4n) is 2.92. The van der Waals surface area contributed by atoms with Gasteiger partial charge in [-0.1, -0.05) is 53.5 Å². The van der Waals surface area contributed by atoms with Crippen molar-refractivity contribution in [1.29, 1.82) is 0 Å². The first-order valence-corrected chi connectivity index (χ1v) is 9.39. The molecule has 0 bridgehead atoms. The van der Waals surface area contributed by atoms with Crippen LogP contribution in [0.15, 0.2) is 54.7 Å². The molecule has 4 rings (SSSR count). The maximum atomic E-state index is 14.0. The van der Waals surface area contributed by atoms with Crippen LogP contribution in [0, 0.1) is 5.82 Å². The van der Waals surface area contributed by atoms with Crippen LogP contribution >= 0.6 is 23.2 Å². The lowest BCUT2D eigenvalue weighted by molar-refractivity contribution is -0.112. The number of esters is 1. The Labute approximate surface area is 175 Å². The Balaban J connectivity index is 1.54. The van der Waals surface area contributed by atoms with E-state index in [-0.39, 0.29) is 29.0 Å². The summed E-state index contributed by atoms with van der Waals surface area (Å²) in [4.78, 5) is 16.1. The van der Waals surface area contributed by atoms with E-state index in [0.29, 0.717) is 16.9 Å². The molecule has 1 aliphatic heterocycles. The minimum Gasteiger partial charge on any atom is -0.460 e. The topological polar surface area (TPSA) is 57.7 Å². The molecule has 1 aliphatic rings. The van der Waals surface area contributed by atoms with E-state index in [0.717, 1.165) is 5.56 Å². The van der Waals surface area contributed by atoms with Gasteiger partial charge in [0.2, 0.25) is 6.29 Å². The number of fused-ring (bicyclic) bond motifs is 1. The highest BCUT2D eigenvalue weighted by Gasteiger charge is 2.25. The molecule has 0 saturated heterocycles. The summed E-state index contributed by atoms with van der Waals surface area (Å²) in [5.74, 6) is -0.705. The van der Waals surface area contributed by atoms with Crippen LogP contribution in [0.1, 0.15) is 33.3 Å². The van der Waals surface area contributed by atoms with Crippen molar-refractivity contribution in [3.63, 3.8) is 0 Å². The van der Waals surface area contributed by atoms with Crippen LogP contribution in [0.2, 0.25) is 10.2 Å². The molecule has 148 valence electrons. The average Bonchev–Trinajstić information content (AvgIpc) is 2.74. The second-order valence-electron chi connectivity index (χ2n) is 6.30. The van der Waals surface area contributed by atoms with Crippen LogP contribution < -0.4 is 4.74 Å². The van der Waals surface area contributed by atoms with E-state index in [1.165, 1.54) is 24.4 Å². The van der Waals surface area contributed by atoms with Gasteiger partial charge in [0.05, 0.1) is 17.2 Å². The van der Waals surface area contributed by atoms with Gasteiger partial charge < -0.3 is 14.2 Å². The number of hydrogen-bond donors (Lipinski definition) is 0. The number of nitrogens with zero attached hydrogens (tertiary/aromatic N) is 1. The number of pyridine rings is 1.